The van der Waals surface area contributed by atoms with Crippen LogP contribution in [0.1, 0.15) is 15.9 Å². The minimum atomic E-state index is -3.83. The highest BCUT2D eigenvalue weighted by atomic mass is 32.2. The molecular formula is C28H23F2N7O5S3. The Bertz CT molecular complexity index is 2020. The Balaban J connectivity index is 1.27. The molecule has 0 unspecified atom stereocenters. The number of nitrogens with two attached hydrogens (primary N) is 2. The third-order valence-electron chi connectivity index (χ3n) is 6.19. The van der Waals surface area contributed by atoms with E-state index in [0.29, 0.717) is 27.3 Å². The number of anilines is 3. The summed E-state index contributed by atoms with van der Waals surface area (Å²) in [4.78, 5) is 34.1. The van der Waals surface area contributed by atoms with Gasteiger partial charge in [0.25, 0.3) is 5.91 Å². The highest BCUT2D eigenvalue weighted by molar-refractivity contribution is 7.89. The van der Waals surface area contributed by atoms with Gasteiger partial charge in [0, 0.05) is 29.1 Å². The second-order valence-corrected chi connectivity index (χ2v) is 12.7. The third kappa shape index (κ3) is 7.40. The van der Waals surface area contributed by atoms with Crippen LogP contribution in [0.4, 0.5) is 30.2 Å². The monoisotopic (exact) mass is 671 g/mol. The fourth-order valence-electron chi connectivity index (χ4n) is 3.96. The van der Waals surface area contributed by atoms with Gasteiger partial charge in [-0.05, 0) is 42.0 Å². The number of aromatic nitrogens is 2. The molecule has 0 fully saturated rings. The number of benzene rings is 3. The van der Waals surface area contributed by atoms with Gasteiger partial charge in [-0.1, -0.05) is 29.5 Å². The van der Waals surface area contributed by atoms with Crippen LogP contribution in [0.25, 0.3) is 21.1 Å². The average Bonchev–Trinajstić information content (AvgIpc) is 3.63. The number of carbonyl (C=O) groups excluding carboxylic acids is 2. The highest BCUT2D eigenvalue weighted by Gasteiger charge is 2.20. The number of hydrogen-bond donors (Lipinski definition) is 5. The largest absolute Gasteiger partial charge is 0.497 e. The number of thiazole rings is 2. The molecule has 5 rings (SSSR count). The molecule has 7 N–H and O–H groups in total. The molecule has 232 valence electrons. The molecule has 5 aromatic rings. The van der Waals surface area contributed by atoms with Crippen LogP contribution in [-0.4, -0.2) is 37.4 Å². The van der Waals surface area contributed by atoms with Crippen LogP contribution in [0, 0.1) is 11.6 Å². The summed E-state index contributed by atoms with van der Waals surface area (Å²) < 4.78 is 57.4. The van der Waals surface area contributed by atoms with Gasteiger partial charge >= 0.3 is 6.03 Å². The quantitative estimate of drug-likeness (QED) is 0.144. The van der Waals surface area contributed by atoms with Crippen molar-refractivity contribution in [3.8, 4) is 26.9 Å². The molecule has 0 spiro atoms. The lowest BCUT2D eigenvalue weighted by Gasteiger charge is -2.10. The summed E-state index contributed by atoms with van der Waals surface area (Å²) in [5, 5.41) is 14.8. The fraction of sp³-hybridized carbons (Fsp3) is 0.0714. The van der Waals surface area contributed by atoms with Gasteiger partial charge in [-0.2, -0.15) is 0 Å². The summed E-state index contributed by atoms with van der Waals surface area (Å²) in [6, 6.07) is 13.2. The molecule has 0 bridgehead atoms. The molecule has 0 aliphatic heterocycles. The lowest BCUT2D eigenvalue weighted by atomic mass is 10.1. The summed E-state index contributed by atoms with van der Waals surface area (Å²) >= 11 is 2.16. The molecule has 3 amide bonds. The van der Waals surface area contributed by atoms with E-state index in [9.17, 15) is 26.8 Å². The van der Waals surface area contributed by atoms with E-state index in [4.69, 9.17) is 15.6 Å². The molecule has 0 atom stereocenters. The third-order valence-corrected chi connectivity index (χ3v) is 9.10. The van der Waals surface area contributed by atoms with Gasteiger partial charge < -0.3 is 21.1 Å². The maximum absolute atomic E-state index is 14.9. The van der Waals surface area contributed by atoms with Crippen LogP contribution >= 0.6 is 22.7 Å². The Morgan fingerprint density at radius 1 is 1.00 bits per heavy atom. The van der Waals surface area contributed by atoms with Crippen LogP contribution < -0.4 is 31.6 Å². The highest BCUT2D eigenvalue weighted by Crippen LogP contribution is 2.39. The predicted octanol–water partition coefficient (Wildman–Crippen LogP) is 5.02. The Morgan fingerprint density at radius 3 is 2.47 bits per heavy atom. The Labute approximate surface area is 263 Å². The normalized spacial score (nSPS) is 11.2. The number of sulfonamides is 1. The van der Waals surface area contributed by atoms with Crippen LogP contribution in [0.2, 0.25) is 0 Å². The van der Waals surface area contributed by atoms with E-state index in [2.05, 4.69) is 25.9 Å². The van der Waals surface area contributed by atoms with Gasteiger partial charge in [-0.25, -0.2) is 37.1 Å². The summed E-state index contributed by atoms with van der Waals surface area (Å²) in [5.74, 6) is -1.97. The van der Waals surface area contributed by atoms with E-state index in [1.807, 2.05) is 0 Å². The van der Waals surface area contributed by atoms with E-state index < -0.39 is 33.6 Å². The molecule has 0 radical (unpaired) electrons. The fourth-order valence-corrected chi connectivity index (χ4v) is 6.28. The van der Waals surface area contributed by atoms with E-state index in [0.717, 1.165) is 28.7 Å². The first-order valence-electron chi connectivity index (χ1n) is 12.7. The number of carbonyl (C=O) groups is 2. The van der Waals surface area contributed by atoms with Gasteiger partial charge in [-0.15, -0.1) is 11.3 Å². The van der Waals surface area contributed by atoms with Gasteiger partial charge in [0.15, 0.2) is 5.13 Å². The zero-order valence-corrected chi connectivity index (χ0v) is 25.6. The Kier molecular flexibility index (Phi) is 9.05. The zero-order chi connectivity index (χ0) is 32.3. The summed E-state index contributed by atoms with van der Waals surface area (Å²) in [6.45, 7) is 0.0888. The van der Waals surface area contributed by atoms with Crippen LogP contribution in [-0.2, 0) is 16.6 Å². The minimum Gasteiger partial charge on any atom is -0.497 e. The number of rotatable bonds is 9. The van der Waals surface area contributed by atoms with Crippen molar-refractivity contribution in [2.24, 2.45) is 5.14 Å². The minimum absolute atomic E-state index is 0.0503. The lowest BCUT2D eigenvalue weighted by Crippen LogP contribution is -2.28. The molecule has 12 nitrogen and oxygen atoms in total. The standard InChI is InChI=1S/C28H23F2N7O5S3/c1-42-16-4-2-3-15(9-16)25(38)34-21-10-18(19(29)11-20(21)30)22-13-43-26(35-22)23-24(31)36-28(44-23)37-27(39)33-12-14-5-7-17(8-6-14)45(32,40)41/h2-11,13H,12,31H2,1H3,(H,34,38)(H2,32,40,41)(H2,33,36,37,39). The molecular weight excluding hydrogens is 649 g/mol. The summed E-state index contributed by atoms with van der Waals surface area (Å²) in [7, 11) is -2.38. The first-order valence-corrected chi connectivity index (χ1v) is 16.0. The number of nitrogens with one attached hydrogen (secondary N) is 3. The number of nitrogen functional groups attached to an aromatic ring is 1. The van der Waals surface area contributed by atoms with Crippen molar-refractivity contribution >= 4 is 61.3 Å². The summed E-state index contributed by atoms with van der Waals surface area (Å²) in [6.07, 6.45) is 0. The zero-order valence-electron chi connectivity index (χ0n) is 23.1. The molecule has 0 aliphatic rings. The Morgan fingerprint density at radius 2 is 1.76 bits per heavy atom. The molecule has 2 aromatic heterocycles. The van der Waals surface area contributed by atoms with E-state index >= 15 is 0 Å². The van der Waals surface area contributed by atoms with Crippen molar-refractivity contribution in [1.29, 1.82) is 0 Å². The van der Waals surface area contributed by atoms with E-state index in [-0.39, 0.29) is 44.9 Å². The molecule has 0 saturated heterocycles. The summed E-state index contributed by atoms with van der Waals surface area (Å²) in [5.41, 5.74) is 6.78. The number of halogens is 2. The van der Waals surface area contributed by atoms with Crippen molar-refractivity contribution in [3.63, 3.8) is 0 Å². The van der Waals surface area contributed by atoms with E-state index in [1.54, 1.807) is 17.5 Å². The van der Waals surface area contributed by atoms with Crippen LogP contribution in [0.3, 0.4) is 0 Å². The molecule has 45 heavy (non-hydrogen) atoms. The number of methoxy groups -OCH3 is 1. The molecule has 17 heteroatoms. The first kappa shape index (κ1) is 31.5. The first-order chi connectivity index (χ1) is 21.4. The molecule has 3 aromatic carbocycles. The SMILES string of the molecule is COc1cccc(C(=O)Nc2cc(-c3csc(-c4sc(NC(=O)NCc5ccc(S(N)(=O)=O)cc5)nc4N)n3)c(F)cc2F)c1. The van der Waals surface area contributed by atoms with Gasteiger partial charge in [0.1, 0.15) is 33.1 Å². The van der Waals surface area contributed by atoms with Gasteiger partial charge in [0.05, 0.1) is 23.4 Å². The van der Waals surface area contributed by atoms with Gasteiger partial charge in [-0.3, -0.25) is 10.1 Å². The maximum atomic E-state index is 14.9. The maximum Gasteiger partial charge on any atom is 0.321 e. The lowest BCUT2D eigenvalue weighted by molar-refractivity contribution is 0.102. The second-order valence-electron chi connectivity index (χ2n) is 9.27. The van der Waals surface area contributed by atoms with Crippen LogP contribution in [0.5, 0.6) is 5.75 Å². The van der Waals surface area contributed by atoms with Crippen molar-refractivity contribution in [1.82, 2.24) is 15.3 Å². The number of hydrogen-bond acceptors (Lipinski definition) is 10. The average molecular weight is 672 g/mol. The van der Waals surface area contributed by atoms with Crippen molar-refractivity contribution in [2.75, 3.05) is 23.5 Å². The second kappa shape index (κ2) is 12.9. The van der Waals surface area contributed by atoms with Crippen molar-refractivity contribution in [2.45, 2.75) is 11.4 Å². The van der Waals surface area contributed by atoms with Crippen molar-refractivity contribution < 1.29 is 31.5 Å². The molecule has 2 heterocycles. The number of amides is 3. The smallest absolute Gasteiger partial charge is 0.321 e. The van der Waals surface area contributed by atoms with Crippen LogP contribution in [0.15, 0.2) is 70.9 Å². The van der Waals surface area contributed by atoms with Gasteiger partial charge in [0.2, 0.25) is 10.0 Å². The van der Waals surface area contributed by atoms with E-state index in [1.165, 1.54) is 43.5 Å². The number of nitrogens with zero attached hydrogens (tertiary/aromatic N) is 2. The molecule has 0 aliphatic carbocycles. The molecule has 0 saturated carbocycles. The topological polar surface area (TPSA) is 191 Å². The number of urea groups is 1. The predicted molar refractivity (Wildman–Crippen MR) is 168 cm³/mol. The Hall–Kier alpha value is -4.97. The van der Waals surface area contributed by atoms with Crippen molar-refractivity contribution in [3.05, 3.63) is 88.8 Å². The number of ether oxygens (including phenoxy) is 1. The number of primary sulfonamides is 1.